The fourth-order valence-corrected chi connectivity index (χ4v) is 6.48. The summed E-state index contributed by atoms with van der Waals surface area (Å²) in [6, 6.07) is 6.61. The van der Waals surface area contributed by atoms with Gasteiger partial charge in [0.1, 0.15) is 18.0 Å². The van der Waals surface area contributed by atoms with Gasteiger partial charge in [-0.1, -0.05) is 13.0 Å². The Morgan fingerprint density at radius 3 is 2.85 bits per heavy atom. The second-order valence-corrected chi connectivity index (χ2v) is 9.60. The third-order valence-corrected chi connectivity index (χ3v) is 7.90. The van der Waals surface area contributed by atoms with Gasteiger partial charge in [0, 0.05) is 6.54 Å². The zero-order chi connectivity index (χ0) is 19.0. The van der Waals surface area contributed by atoms with Crippen LogP contribution in [0.2, 0.25) is 0 Å². The van der Waals surface area contributed by atoms with Crippen LogP contribution >= 0.6 is 12.2 Å². The van der Waals surface area contributed by atoms with Crippen molar-refractivity contribution < 1.29 is 8.92 Å². The number of fused-ring (bicyclic) bond motifs is 5. The summed E-state index contributed by atoms with van der Waals surface area (Å²) in [5.41, 5.74) is 3.41. The van der Waals surface area contributed by atoms with E-state index in [-0.39, 0.29) is 0 Å². The van der Waals surface area contributed by atoms with E-state index in [0.29, 0.717) is 17.4 Å². The number of ether oxygens (including phenoxy) is 1. The van der Waals surface area contributed by atoms with Gasteiger partial charge in [0.2, 0.25) is 0 Å². The lowest BCUT2D eigenvalue weighted by Crippen LogP contribution is -2.45. The molecule has 0 saturated heterocycles. The van der Waals surface area contributed by atoms with E-state index < -0.39 is 0 Å². The number of hydrogen-bond acceptors (Lipinski definition) is 5. The molecule has 0 aromatic heterocycles. The Bertz CT molecular complexity index is 668. The summed E-state index contributed by atoms with van der Waals surface area (Å²) in [6.07, 6.45) is 8.09. The summed E-state index contributed by atoms with van der Waals surface area (Å²) < 4.78 is 11.8. The summed E-state index contributed by atoms with van der Waals surface area (Å²) in [6.45, 7) is 4.40. The van der Waals surface area contributed by atoms with Crippen LogP contribution < -0.4 is 9.32 Å². The first-order valence-electron chi connectivity index (χ1n) is 10.5. The minimum atomic E-state index is 0.365. The first-order valence-corrected chi connectivity index (χ1v) is 11.3. The molecule has 0 radical (unpaired) electrons. The second kappa shape index (κ2) is 7.94. The van der Waals surface area contributed by atoms with Gasteiger partial charge in [-0.05, 0) is 99.0 Å². The molecule has 3 aliphatic rings. The smallest absolute Gasteiger partial charge is 0.140 e. The van der Waals surface area contributed by atoms with Crippen LogP contribution in [0.25, 0.3) is 0 Å². The molecule has 1 aromatic rings. The molecule has 2 saturated carbocycles. The predicted molar refractivity (Wildman–Crippen MR) is 112 cm³/mol. The van der Waals surface area contributed by atoms with Gasteiger partial charge < -0.3 is 13.8 Å². The van der Waals surface area contributed by atoms with Crippen LogP contribution in [-0.4, -0.2) is 38.3 Å². The van der Waals surface area contributed by atoms with Gasteiger partial charge in [0.05, 0.1) is 12.7 Å². The molecule has 0 aliphatic heterocycles. The SMILES string of the molecule is CN(C)CCO[C@@H]1CCC2C3CCc4cc(OSN)ccc4C3CCC21C. The molecule has 27 heavy (non-hydrogen) atoms. The number of rotatable bonds is 6. The molecular weight excluding hydrogens is 356 g/mol. The van der Waals surface area contributed by atoms with E-state index in [4.69, 9.17) is 14.1 Å². The lowest BCUT2D eigenvalue weighted by atomic mass is 9.55. The highest BCUT2D eigenvalue weighted by Gasteiger charge is 2.55. The third kappa shape index (κ3) is 3.64. The second-order valence-electron chi connectivity index (χ2n) is 9.24. The minimum absolute atomic E-state index is 0.365. The molecule has 4 rings (SSSR count). The molecule has 0 heterocycles. The zero-order valence-electron chi connectivity index (χ0n) is 16.9. The number of aryl methyl sites for hydroxylation is 1. The van der Waals surface area contributed by atoms with E-state index in [1.165, 1.54) is 44.1 Å². The van der Waals surface area contributed by atoms with Crippen molar-refractivity contribution in [3.8, 4) is 5.75 Å². The Kier molecular flexibility index (Phi) is 5.75. The highest BCUT2D eigenvalue weighted by Crippen LogP contribution is 2.61. The number of nitrogens with two attached hydrogens (primary N) is 1. The number of hydrogen-bond donors (Lipinski definition) is 1. The Morgan fingerprint density at radius 1 is 1.22 bits per heavy atom. The minimum Gasteiger partial charge on any atom is -0.410 e. The van der Waals surface area contributed by atoms with Crippen LogP contribution in [0.4, 0.5) is 0 Å². The lowest BCUT2D eigenvalue weighted by Gasteiger charge is -2.50. The molecule has 4 unspecified atom stereocenters. The van der Waals surface area contributed by atoms with Crippen LogP contribution in [-0.2, 0) is 11.2 Å². The molecule has 0 amide bonds. The summed E-state index contributed by atoms with van der Waals surface area (Å²) in [5.74, 6) is 3.22. The monoisotopic (exact) mass is 390 g/mol. The topological polar surface area (TPSA) is 47.7 Å². The maximum Gasteiger partial charge on any atom is 0.140 e. The molecule has 5 atom stereocenters. The fraction of sp³-hybridized carbons (Fsp3) is 0.727. The van der Waals surface area contributed by atoms with Gasteiger partial charge in [-0.3, -0.25) is 0 Å². The predicted octanol–water partition coefficient (Wildman–Crippen LogP) is 4.39. The van der Waals surface area contributed by atoms with Gasteiger partial charge in [0.25, 0.3) is 0 Å². The maximum atomic E-state index is 6.41. The summed E-state index contributed by atoms with van der Waals surface area (Å²) >= 11 is 0.932. The first kappa shape index (κ1) is 19.6. The molecule has 5 heteroatoms. The fourth-order valence-electron chi connectivity index (χ4n) is 6.27. The van der Waals surface area contributed by atoms with E-state index >= 15 is 0 Å². The van der Waals surface area contributed by atoms with Crippen molar-refractivity contribution >= 4 is 12.2 Å². The maximum absolute atomic E-state index is 6.41. The van der Waals surface area contributed by atoms with Crippen LogP contribution in [0, 0.1) is 17.3 Å². The number of likely N-dealkylation sites (N-methyl/N-ethyl adjacent to an activating group) is 1. The van der Waals surface area contributed by atoms with E-state index in [1.807, 2.05) is 0 Å². The summed E-state index contributed by atoms with van der Waals surface area (Å²) in [5, 5.41) is 5.46. The molecule has 1 aromatic carbocycles. The van der Waals surface area contributed by atoms with E-state index in [9.17, 15) is 0 Å². The van der Waals surface area contributed by atoms with Gasteiger partial charge >= 0.3 is 0 Å². The molecule has 4 nitrogen and oxygen atoms in total. The molecule has 0 bridgehead atoms. The molecule has 3 aliphatic carbocycles. The van der Waals surface area contributed by atoms with Crippen molar-refractivity contribution in [2.24, 2.45) is 22.4 Å². The van der Waals surface area contributed by atoms with E-state index in [1.54, 1.807) is 5.56 Å². The van der Waals surface area contributed by atoms with Crippen molar-refractivity contribution in [3.05, 3.63) is 29.3 Å². The van der Waals surface area contributed by atoms with Crippen LogP contribution in [0.1, 0.15) is 56.1 Å². The normalized spacial score (nSPS) is 34.9. The molecule has 150 valence electrons. The van der Waals surface area contributed by atoms with Crippen LogP contribution in [0.3, 0.4) is 0 Å². The van der Waals surface area contributed by atoms with Crippen molar-refractivity contribution in [3.63, 3.8) is 0 Å². The number of benzene rings is 1. The average molecular weight is 391 g/mol. The average Bonchev–Trinajstić information content (AvgIpc) is 2.98. The summed E-state index contributed by atoms with van der Waals surface area (Å²) in [4.78, 5) is 2.21. The van der Waals surface area contributed by atoms with Crippen molar-refractivity contribution in [2.45, 2.75) is 57.5 Å². The van der Waals surface area contributed by atoms with Gasteiger partial charge in [0.15, 0.2) is 0 Å². The standard InChI is InChI=1S/C22H34N2O2S/c1-22-11-10-18-17-7-5-16(26-27-23)14-15(17)4-6-19(18)20(22)8-9-21(22)25-13-12-24(2)3/h5,7,14,18-21H,4,6,8-13,23H2,1-3H3/t18?,19?,20?,21-,22?/m1/s1. The molecule has 2 fully saturated rings. The van der Waals surface area contributed by atoms with E-state index in [2.05, 4.69) is 44.1 Å². The highest BCUT2D eigenvalue weighted by molar-refractivity contribution is 7.92. The van der Waals surface area contributed by atoms with Crippen molar-refractivity contribution in [1.29, 1.82) is 0 Å². The Balaban J connectivity index is 1.49. The van der Waals surface area contributed by atoms with Crippen molar-refractivity contribution in [2.75, 3.05) is 27.2 Å². The first-order chi connectivity index (χ1) is 13.0. The quantitative estimate of drug-likeness (QED) is 0.577. The van der Waals surface area contributed by atoms with E-state index in [0.717, 1.165) is 43.0 Å². The van der Waals surface area contributed by atoms with Gasteiger partial charge in [-0.25, -0.2) is 5.14 Å². The Hall–Kier alpha value is -0.750. The van der Waals surface area contributed by atoms with Crippen molar-refractivity contribution in [1.82, 2.24) is 4.90 Å². The molecule has 0 spiro atoms. The summed E-state index contributed by atoms with van der Waals surface area (Å²) in [7, 11) is 4.24. The van der Waals surface area contributed by atoms with Gasteiger partial charge in [-0.15, -0.1) is 0 Å². The Labute approximate surface area is 168 Å². The van der Waals surface area contributed by atoms with Crippen LogP contribution in [0.5, 0.6) is 5.75 Å². The zero-order valence-corrected chi connectivity index (χ0v) is 17.8. The molecule has 2 N–H and O–H groups in total. The highest BCUT2D eigenvalue weighted by atomic mass is 32.2. The number of nitrogens with zero attached hydrogens (tertiary/aromatic N) is 1. The Morgan fingerprint density at radius 2 is 2.07 bits per heavy atom. The molecular formula is C22H34N2O2S. The largest absolute Gasteiger partial charge is 0.410 e. The van der Waals surface area contributed by atoms with Gasteiger partial charge in [-0.2, -0.15) is 0 Å². The lowest BCUT2D eigenvalue weighted by molar-refractivity contribution is -0.0661. The van der Waals surface area contributed by atoms with Crippen LogP contribution in [0.15, 0.2) is 18.2 Å². The third-order valence-electron chi connectivity index (χ3n) is 7.61.